The minimum atomic E-state index is -3.46. The van der Waals surface area contributed by atoms with Crippen molar-refractivity contribution < 1.29 is 13.2 Å². The number of sulfonamides is 1. The maximum absolute atomic E-state index is 11.5. The summed E-state index contributed by atoms with van der Waals surface area (Å²) in [5.41, 5.74) is 5.99. The quantitative estimate of drug-likeness (QED) is 0.734. The van der Waals surface area contributed by atoms with Crippen LogP contribution in [0.2, 0.25) is 0 Å². The molecule has 0 amide bonds. The molecule has 0 aromatic heterocycles. The Morgan fingerprint density at radius 1 is 1.53 bits per heavy atom. The molecule has 1 aromatic carbocycles. The molecule has 0 aliphatic rings. The van der Waals surface area contributed by atoms with Crippen molar-refractivity contribution in [2.45, 2.75) is 6.54 Å². The van der Waals surface area contributed by atoms with Crippen LogP contribution in [0.5, 0.6) is 5.75 Å². The zero-order valence-corrected chi connectivity index (χ0v) is 11.0. The first-order valence-electron chi connectivity index (χ1n) is 4.81. The van der Waals surface area contributed by atoms with Crippen LogP contribution in [0, 0.1) is 0 Å². The van der Waals surface area contributed by atoms with E-state index in [0.717, 1.165) is 5.56 Å². The predicted molar refractivity (Wildman–Crippen MR) is 70.4 cm³/mol. The molecule has 0 spiro atoms. The standard InChI is InChI=1S/C10H14N2O3S2/c1-15-9-4-2-3-8(5-9)6-12-17(13,14)7-10(11)16/h2-5,12H,6-7H2,1H3,(H2,11,16). The van der Waals surface area contributed by atoms with Gasteiger partial charge in [0.2, 0.25) is 10.0 Å². The van der Waals surface area contributed by atoms with Crippen molar-refractivity contribution in [2.24, 2.45) is 5.73 Å². The lowest BCUT2D eigenvalue weighted by Crippen LogP contribution is -2.31. The van der Waals surface area contributed by atoms with Gasteiger partial charge in [0.25, 0.3) is 0 Å². The zero-order valence-electron chi connectivity index (χ0n) is 9.34. The van der Waals surface area contributed by atoms with Gasteiger partial charge >= 0.3 is 0 Å². The fourth-order valence-electron chi connectivity index (χ4n) is 1.21. The van der Waals surface area contributed by atoms with E-state index >= 15 is 0 Å². The third-order valence-electron chi connectivity index (χ3n) is 1.96. The molecule has 3 N–H and O–H groups in total. The second kappa shape index (κ2) is 5.95. The highest BCUT2D eigenvalue weighted by Crippen LogP contribution is 2.12. The minimum Gasteiger partial charge on any atom is -0.497 e. The number of thiocarbonyl (C=S) groups is 1. The normalized spacial score (nSPS) is 11.1. The lowest BCUT2D eigenvalue weighted by molar-refractivity contribution is 0.414. The van der Waals surface area contributed by atoms with Gasteiger partial charge in [0.05, 0.1) is 12.1 Å². The monoisotopic (exact) mass is 274 g/mol. The number of methoxy groups -OCH3 is 1. The van der Waals surface area contributed by atoms with Crippen LogP contribution in [0.4, 0.5) is 0 Å². The summed E-state index contributed by atoms with van der Waals surface area (Å²) in [6.45, 7) is 0.183. The summed E-state index contributed by atoms with van der Waals surface area (Å²) < 4.78 is 30.4. The molecule has 0 heterocycles. The molecule has 1 aromatic rings. The van der Waals surface area contributed by atoms with Crippen LogP contribution >= 0.6 is 12.2 Å². The van der Waals surface area contributed by atoms with Gasteiger partial charge in [0, 0.05) is 6.54 Å². The topological polar surface area (TPSA) is 81.4 Å². The van der Waals surface area contributed by atoms with E-state index in [-0.39, 0.29) is 17.3 Å². The largest absolute Gasteiger partial charge is 0.497 e. The first kappa shape index (κ1) is 13.9. The molecule has 94 valence electrons. The molecule has 17 heavy (non-hydrogen) atoms. The molecular formula is C10H14N2O3S2. The van der Waals surface area contributed by atoms with Gasteiger partial charge in [-0.15, -0.1) is 0 Å². The highest BCUT2D eigenvalue weighted by molar-refractivity contribution is 7.92. The molecule has 0 saturated carbocycles. The number of ether oxygens (including phenoxy) is 1. The second-order valence-electron chi connectivity index (χ2n) is 3.40. The van der Waals surface area contributed by atoms with E-state index in [1.165, 1.54) is 0 Å². The molecule has 0 unspecified atom stereocenters. The molecule has 5 nitrogen and oxygen atoms in total. The predicted octanol–water partition coefficient (Wildman–Crippen LogP) is 0.401. The van der Waals surface area contributed by atoms with E-state index in [1.54, 1.807) is 31.4 Å². The maximum Gasteiger partial charge on any atom is 0.218 e. The van der Waals surface area contributed by atoms with E-state index in [2.05, 4.69) is 16.9 Å². The Balaban J connectivity index is 2.64. The number of nitrogens with one attached hydrogen (secondary N) is 1. The Labute approximate surface area is 106 Å². The van der Waals surface area contributed by atoms with Gasteiger partial charge in [0.15, 0.2) is 0 Å². The molecule has 0 aliphatic carbocycles. The van der Waals surface area contributed by atoms with Crippen molar-refractivity contribution in [2.75, 3.05) is 12.9 Å². The zero-order chi connectivity index (χ0) is 12.9. The van der Waals surface area contributed by atoms with Crippen LogP contribution in [0.1, 0.15) is 5.56 Å². The highest BCUT2D eigenvalue weighted by atomic mass is 32.2. The van der Waals surface area contributed by atoms with Gasteiger partial charge in [-0.25, -0.2) is 13.1 Å². The summed E-state index contributed by atoms with van der Waals surface area (Å²) in [7, 11) is -1.90. The van der Waals surface area contributed by atoms with Crippen LogP contribution < -0.4 is 15.2 Å². The molecule has 0 aliphatic heterocycles. The molecule has 0 radical (unpaired) electrons. The number of hydrogen-bond donors (Lipinski definition) is 2. The molecule has 0 atom stereocenters. The van der Waals surface area contributed by atoms with Crippen molar-refractivity contribution in [3.63, 3.8) is 0 Å². The van der Waals surface area contributed by atoms with E-state index < -0.39 is 10.0 Å². The summed E-state index contributed by atoms with van der Waals surface area (Å²) in [6, 6.07) is 7.12. The van der Waals surface area contributed by atoms with E-state index in [1.807, 2.05) is 0 Å². The maximum atomic E-state index is 11.5. The van der Waals surface area contributed by atoms with Gasteiger partial charge in [-0.05, 0) is 17.7 Å². The SMILES string of the molecule is COc1cccc(CNS(=O)(=O)CC(N)=S)c1. The minimum absolute atomic E-state index is 0.0526. The Bertz CT molecular complexity index is 500. The first-order chi connectivity index (χ1) is 7.93. The van der Waals surface area contributed by atoms with Gasteiger partial charge in [-0.2, -0.15) is 0 Å². The van der Waals surface area contributed by atoms with Crippen molar-refractivity contribution in [3.8, 4) is 5.75 Å². The van der Waals surface area contributed by atoms with Crippen LogP contribution in [-0.4, -0.2) is 26.3 Å². The Hall–Kier alpha value is -1.18. The molecule has 7 heteroatoms. The Morgan fingerprint density at radius 2 is 2.24 bits per heavy atom. The van der Waals surface area contributed by atoms with E-state index in [0.29, 0.717) is 5.75 Å². The first-order valence-corrected chi connectivity index (χ1v) is 6.87. The van der Waals surface area contributed by atoms with Crippen LogP contribution in [0.3, 0.4) is 0 Å². The number of nitrogens with two attached hydrogens (primary N) is 1. The van der Waals surface area contributed by atoms with Gasteiger partial charge in [-0.1, -0.05) is 24.4 Å². The summed E-state index contributed by atoms with van der Waals surface area (Å²) in [5, 5.41) is 0. The third-order valence-corrected chi connectivity index (χ3v) is 3.56. The smallest absolute Gasteiger partial charge is 0.218 e. The number of benzene rings is 1. The van der Waals surface area contributed by atoms with Gasteiger partial charge < -0.3 is 10.5 Å². The Morgan fingerprint density at radius 3 is 2.82 bits per heavy atom. The molecular weight excluding hydrogens is 260 g/mol. The average Bonchev–Trinajstić information content (AvgIpc) is 2.25. The van der Waals surface area contributed by atoms with Crippen LogP contribution in [-0.2, 0) is 16.6 Å². The molecule has 0 saturated heterocycles. The average molecular weight is 274 g/mol. The van der Waals surface area contributed by atoms with Crippen molar-refractivity contribution in [1.82, 2.24) is 4.72 Å². The second-order valence-corrected chi connectivity index (χ2v) is 5.73. The van der Waals surface area contributed by atoms with Gasteiger partial charge in [0.1, 0.15) is 11.5 Å². The summed E-state index contributed by atoms with van der Waals surface area (Å²) in [4.78, 5) is -0.0526. The Kier molecular flexibility index (Phi) is 4.86. The summed E-state index contributed by atoms with van der Waals surface area (Å²) >= 11 is 4.55. The molecule has 1 rings (SSSR count). The fourth-order valence-corrected chi connectivity index (χ4v) is 2.54. The van der Waals surface area contributed by atoms with E-state index in [4.69, 9.17) is 10.5 Å². The summed E-state index contributed by atoms with van der Waals surface area (Å²) in [5.74, 6) is 0.336. The van der Waals surface area contributed by atoms with Crippen LogP contribution in [0.25, 0.3) is 0 Å². The van der Waals surface area contributed by atoms with Crippen LogP contribution in [0.15, 0.2) is 24.3 Å². The van der Waals surface area contributed by atoms with Gasteiger partial charge in [-0.3, -0.25) is 0 Å². The van der Waals surface area contributed by atoms with Crippen molar-refractivity contribution >= 4 is 27.2 Å². The lowest BCUT2D eigenvalue weighted by atomic mass is 10.2. The molecule has 0 bridgehead atoms. The number of rotatable bonds is 6. The fraction of sp³-hybridized carbons (Fsp3) is 0.300. The van der Waals surface area contributed by atoms with Crippen molar-refractivity contribution in [3.05, 3.63) is 29.8 Å². The van der Waals surface area contributed by atoms with Crippen molar-refractivity contribution in [1.29, 1.82) is 0 Å². The third kappa shape index (κ3) is 5.12. The molecule has 0 fully saturated rings. The summed E-state index contributed by atoms with van der Waals surface area (Å²) in [6.07, 6.45) is 0. The number of hydrogen-bond acceptors (Lipinski definition) is 4. The highest BCUT2D eigenvalue weighted by Gasteiger charge is 2.11. The lowest BCUT2D eigenvalue weighted by Gasteiger charge is -2.07. The van der Waals surface area contributed by atoms with E-state index in [9.17, 15) is 8.42 Å².